The standard InChI is InChI=1S/C25H29N5O2/c1-15-13-23(30-24(26)27-15)32-22-12-11-20(17-9-5-6-10-18(17)22)28-25(31)29-21-14-19(21)16-7-3-2-4-8-16/h5-6,9-13,16,19,21H,2-4,7-8,14H2,1H3,(H2,26,27,30)(H2,28,29,31). The highest BCUT2D eigenvalue weighted by atomic mass is 16.5. The molecular formula is C25H29N5O2. The Kier molecular flexibility index (Phi) is 5.55. The number of hydrogen-bond donors (Lipinski definition) is 3. The van der Waals surface area contributed by atoms with Crippen LogP contribution in [0.4, 0.5) is 16.4 Å². The second kappa shape index (κ2) is 8.65. The minimum atomic E-state index is -0.147. The fourth-order valence-corrected chi connectivity index (χ4v) is 4.99. The van der Waals surface area contributed by atoms with Gasteiger partial charge in [-0.05, 0) is 37.3 Å². The fourth-order valence-electron chi connectivity index (χ4n) is 4.99. The summed E-state index contributed by atoms with van der Waals surface area (Å²) in [5.74, 6) is 2.64. The van der Waals surface area contributed by atoms with Gasteiger partial charge in [-0.15, -0.1) is 0 Å². The van der Waals surface area contributed by atoms with E-state index in [4.69, 9.17) is 10.5 Å². The van der Waals surface area contributed by atoms with Crippen molar-refractivity contribution in [3.8, 4) is 11.6 Å². The van der Waals surface area contributed by atoms with Crippen LogP contribution in [0.25, 0.3) is 10.8 Å². The molecule has 1 heterocycles. The van der Waals surface area contributed by atoms with E-state index in [1.807, 2.05) is 43.3 Å². The van der Waals surface area contributed by atoms with Gasteiger partial charge in [-0.2, -0.15) is 4.98 Å². The van der Waals surface area contributed by atoms with Crippen LogP contribution in [0.3, 0.4) is 0 Å². The second-order valence-corrected chi connectivity index (χ2v) is 8.97. The summed E-state index contributed by atoms with van der Waals surface area (Å²) < 4.78 is 6.01. The number of urea groups is 1. The molecule has 7 heteroatoms. The van der Waals surface area contributed by atoms with E-state index < -0.39 is 0 Å². The van der Waals surface area contributed by atoms with Gasteiger partial charge in [0.05, 0.1) is 5.69 Å². The van der Waals surface area contributed by atoms with Crippen LogP contribution in [0.1, 0.15) is 44.2 Å². The lowest BCUT2D eigenvalue weighted by Gasteiger charge is -2.21. The van der Waals surface area contributed by atoms with Crippen LogP contribution in [0.5, 0.6) is 11.6 Å². The molecule has 0 bridgehead atoms. The van der Waals surface area contributed by atoms with Gasteiger partial charge in [-0.3, -0.25) is 0 Å². The Labute approximate surface area is 187 Å². The third-order valence-corrected chi connectivity index (χ3v) is 6.61. The number of nitrogen functional groups attached to an aromatic ring is 1. The van der Waals surface area contributed by atoms with E-state index in [1.54, 1.807) is 6.07 Å². The molecule has 2 unspecified atom stereocenters. The lowest BCUT2D eigenvalue weighted by atomic mass is 9.85. The molecule has 2 aromatic carbocycles. The smallest absolute Gasteiger partial charge is 0.319 e. The van der Waals surface area contributed by atoms with Crippen molar-refractivity contribution in [1.82, 2.24) is 15.3 Å². The number of benzene rings is 2. The van der Waals surface area contributed by atoms with Gasteiger partial charge in [0.15, 0.2) is 0 Å². The van der Waals surface area contributed by atoms with Crippen LogP contribution in [0, 0.1) is 18.8 Å². The predicted molar refractivity (Wildman–Crippen MR) is 126 cm³/mol. The van der Waals surface area contributed by atoms with E-state index in [2.05, 4.69) is 20.6 Å². The van der Waals surface area contributed by atoms with Gasteiger partial charge in [-0.25, -0.2) is 9.78 Å². The van der Waals surface area contributed by atoms with E-state index >= 15 is 0 Å². The quantitative estimate of drug-likeness (QED) is 0.502. The van der Waals surface area contributed by atoms with Gasteiger partial charge in [0.2, 0.25) is 11.8 Å². The average Bonchev–Trinajstić information content (AvgIpc) is 3.54. The largest absolute Gasteiger partial charge is 0.438 e. The number of fused-ring (bicyclic) bond motifs is 1. The summed E-state index contributed by atoms with van der Waals surface area (Å²) in [6.45, 7) is 1.84. The van der Waals surface area contributed by atoms with Crippen molar-refractivity contribution < 1.29 is 9.53 Å². The number of aromatic nitrogens is 2. The Bertz CT molecular complexity index is 1120. The molecule has 7 nitrogen and oxygen atoms in total. The molecule has 0 saturated heterocycles. The zero-order chi connectivity index (χ0) is 22.1. The van der Waals surface area contributed by atoms with E-state index in [9.17, 15) is 4.79 Å². The summed E-state index contributed by atoms with van der Waals surface area (Å²) in [6, 6.07) is 13.4. The average molecular weight is 432 g/mol. The number of carbonyl (C=O) groups excluding carboxylic acids is 1. The first-order chi connectivity index (χ1) is 15.6. The fraction of sp³-hybridized carbons (Fsp3) is 0.400. The molecule has 0 aliphatic heterocycles. The molecule has 166 valence electrons. The predicted octanol–water partition coefficient (Wildman–Crippen LogP) is 5.40. The van der Waals surface area contributed by atoms with Crippen LogP contribution < -0.4 is 21.1 Å². The molecule has 1 aromatic heterocycles. The topological polar surface area (TPSA) is 102 Å². The van der Waals surface area contributed by atoms with Gasteiger partial charge < -0.3 is 21.1 Å². The number of hydrogen-bond acceptors (Lipinski definition) is 5. The number of ether oxygens (including phenoxy) is 1. The molecule has 2 aliphatic carbocycles. The highest BCUT2D eigenvalue weighted by molar-refractivity contribution is 6.04. The van der Waals surface area contributed by atoms with E-state index in [0.29, 0.717) is 23.6 Å². The molecule has 2 aliphatic rings. The molecule has 0 radical (unpaired) electrons. The lowest BCUT2D eigenvalue weighted by Crippen LogP contribution is -2.32. The minimum Gasteiger partial charge on any atom is -0.438 e. The van der Waals surface area contributed by atoms with Gasteiger partial charge in [-0.1, -0.05) is 56.4 Å². The summed E-state index contributed by atoms with van der Waals surface area (Å²) in [5, 5.41) is 7.99. The van der Waals surface area contributed by atoms with Crippen LogP contribution in [-0.2, 0) is 0 Å². The van der Waals surface area contributed by atoms with Crippen LogP contribution >= 0.6 is 0 Å². The Hall–Kier alpha value is -3.35. The molecule has 0 spiro atoms. The molecule has 5 rings (SSSR count). The van der Waals surface area contributed by atoms with Crippen LogP contribution in [-0.4, -0.2) is 22.0 Å². The van der Waals surface area contributed by atoms with Gasteiger partial charge in [0, 0.05) is 28.6 Å². The summed E-state index contributed by atoms with van der Waals surface area (Å²) in [7, 11) is 0. The molecule has 4 N–H and O–H groups in total. The highest BCUT2D eigenvalue weighted by Crippen LogP contribution is 2.44. The van der Waals surface area contributed by atoms with Crippen molar-refractivity contribution in [2.45, 2.75) is 51.5 Å². The Morgan fingerprint density at radius 1 is 1.06 bits per heavy atom. The normalized spacial score (nSPS) is 20.7. The third kappa shape index (κ3) is 4.47. The Morgan fingerprint density at radius 2 is 1.84 bits per heavy atom. The minimum absolute atomic E-state index is 0.147. The number of nitrogens with two attached hydrogens (primary N) is 1. The van der Waals surface area contributed by atoms with Gasteiger partial charge >= 0.3 is 6.03 Å². The molecule has 2 saturated carbocycles. The number of rotatable bonds is 5. The molecule has 2 atom stereocenters. The number of anilines is 2. The van der Waals surface area contributed by atoms with Crippen molar-refractivity contribution in [3.05, 3.63) is 48.2 Å². The zero-order valence-electron chi connectivity index (χ0n) is 18.3. The van der Waals surface area contributed by atoms with Gasteiger partial charge in [0.25, 0.3) is 0 Å². The molecule has 3 aromatic rings. The SMILES string of the molecule is Cc1cc(Oc2ccc(NC(=O)NC3CC3C3CCCCC3)c3ccccc23)nc(N)n1. The Balaban J connectivity index is 1.30. The number of nitrogens with one attached hydrogen (secondary N) is 2. The maximum Gasteiger partial charge on any atom is 0.319 e. The maximum absolute atomic E-state index is 12.7. The zero-order valence-corrected chi connectivity index (χ0v) is 18.3. The van der Waals surface area contributed by atoms with Crippen molar-refractivity contribution in [1.29, 1.82) is 0 Å². The maximum atomic E-state index is 12.7. The molecule has 32 heavy (non-hydrogen) atoms. The first kappa shape index (κ1) is 20.5. The first-order valence-corrected chi connectivity index (χ1v) is 11.4. The molecule has 2 fully saturated rings. The van der Waals surface area contributed by atoms with Gasteiger partial charge in [0.1, 0.15) is 5.75 Å². The summed E-state index contributed by atoms with van der Waals surface area (Å²) in [4.78, 5) is 20.9. The molecule has 2 amide bonds. The summed E-state index contributed by atoms with van der Waals surface area (Å²) >= 11 is 0. The number of amides is 2. The molecular weight excluding hydrogens is 402 g/mol. The third-order valence-electron chi connectivity index (χ3n) is 6.61. The highest BCUT2D eigenvalue weighted by Gasteiger charge is 2.43. The number of nitrogens with zero attached hydrogens (tertiary/aromatic N) is 2. The van der Waals surface area contributed by atoms with Crippen molar-refractivity contribution in [2.75, 3.05) is 11.1 Å². The monoisotopic (exact) mass is 431 g/mol. The lowest BCUT2D eigenvalue weighted by molar-refractivity contribution is 0.249. The van der Waals surface area contributed by atoms with Crippen molar-refractivity contribution in [2.24, 2.45) is 11.8 Å². The van der Waals surface area contributed by atoms with Crippen molar-refractivity contribution in [3.63, 3.8) is 0 Å². The second-order valence-electron chi connectivity index (χ2n) is 8.97. The summed E-state index contributed by atoms with van der Waals surface area (Å²) in [5.41, 5.74) is 7.23. The van der Waals surface area contributed by atoms with E-state index in [1.165, 1.54) is 32.1 Å². The van der Waals surface area contributed by atoms with Crippen LogP contribution in [0.2, 0.25) is 0 Å². The van der Waals surface area contributed by atoms with E-state index in [-0.39, 0.29) is 12.0 Å². The Morgan fingerprint density at radius 3 is 2.62 bits per heavy atom. The van der Waals surface area contributed by atoms with Crippen LogP contribution in [0.15, 0.2) is 42.5 Å². The number of aryl methyl sites for hydroxylation is 1. The summed E-state index contributed by atoms with van der Waals surface area (Å²) in [6.07, 6.45) is 7.76. The van der Waals surface area contributed by atoms with E-state index in [0.717, 1.165) is 34.5 Å². The number of carbonyl (C=O) groups is 1. The van der Waals surface area contributed by atoms with Crippen molar-refractivity contribution >= 4 is 28.4 Å². The first-order valence-electron chi connectivity index (χ1n) is 11.4.